The molecule has 168 valence electrons. The predicted octanol–water partition coefficient (Wildman–Crippen LogP) is 3.63. The van der Waals surface area contributed by atoms with Crippen molar-refractivity contribution in [1.29, 1.82) is 0 Å². The quantitative estimate of drug-likeness (QED) is 0.691. The maximum atomic E-state index is 12.5. The number of aliphatic carboxylic acids is 1. The second-order valence-electron chi connectivity index (χ2n) is 8.46. The van der Waals surface area contributed by atoms with Crippen LogP contribution in [0.15, 0.2) is 48.5 Å². The molecule has 2 aliphatic rings. The first-order chi connectivity index (χ1) is 15.5. The maximum absolute atomic E-state index is 12.5. The molecule has 4 rings (SSSR count). The molecule has 0 aromatic heterocycles. The molecule has 2 aromatic rings. The van der Waals surface area contributed by atoms with E-state index in [1.165, 1.54) is 0 Å². The SMILES string of the molecule is O=C(O)CCC1CCCN(C(=O)CNC(=O)OCC2c3ccccc3-c3ccccc32)C1. The van der Waals surface area contributed by atoms with Crippen molar-refractivity contribution in [3.05, 3.63) is 59.7 Å². The average molecular weight is 437 g/mol. The van der Waals surface area contributed by atoms with Crippen molar-refractivity contribution in [2.75, 3.05) is 26.2 Å². The number of fused-ring (bicyclic) bond motifs is 3. The molecule has 1 fully saturated rings. The van der Waals surface area contributed by atoms with Gasteiger partial charge >= 0.3 is 12.1 Å². The van der Waals surface area contributed by atoms with E-state index in [-0.39, 0.29) is 37.3 Å². The van der Waals surface area contributed by atoms with Gasteiger partial charge in [0, 0.05) is 25.4 Å². The van der Waals surface area contributed by atoms with E-state index in [9.17, 15) is 14.4 Å². The lowest BCUT2D eigenvalue weighted by Gasteiger charge is -2.32. The zero-order valence-electron chi connectivity index (χ0n) is 18.0. The smallest absolute Gasteiger partial charge is 0.407 e. The Morgan fingerprint density at radius 3 is 2.34 bits per heavy atom. The van der Waals surface area contributed by atoms with E-state index < -0.39 is 12.1 Å². The van der Waals surface area contributed by atoms with E-state index in [1.54, 1.807) is 4.90 Å². The highest BCUT2D eigenvalue weighted by atomic mass is 16.5. The molecular formula is C25H28N2O5. The van der Waals surface area contributed by atoms with Crippen LogP contribution in [0.5, 0.6) is 0 Å². The number of carbonyl (C=O) groups excluding carboxylic acids is 2. The Morgan fingerprint density at radius 2 is 1.69 bits per heavy atom. The molecule has 7 nitrogen and oxygen atoms in total. The minimum Gasteiger partial charge on any atom is -0.481 e. The highest BCUT2D eigenvalue weighted by molar-refractivity contribution is 5.82. The first kappa shape index (κ1) is 21.9. The third-order valence-electron chi connectivity index (χ3n) is 6.37. The number of amides is 2. The monoisotopic (exact) mass is 436 g/mol. The molecule has 2 aromatic carbocycles. The Hall–Kier alpha value is -3.35. The molecule has 0 bridgehead atoms. The van der Waals surface area contributed by atoms with Crippen molar-refractivity contribution in [2.24, 2.45) is 5.92 Å². The molecule has 1 heterocycles. The van der Waals surface area contributed by atoms with Crippen LogP contribution in [0.4, 0.5) is 4.79 Å². The number of hydrogen-bond acceptors (Lipinski definition) is 4. The number of nitrogens with one attached hydrogen (secondary N) is 1. The third kappa shape index (κ3) is 4.93. The summed E-state index contributed by atoms with van der Waals surface area (Å²) in [7, 11) is 0. The van der Waals surface area contributed by atoms with Gasteiger partial charge in [0.15, 0.2) is 0 Å². The lowest BCUT2D eigenvalue weighted by atomic mass is 9.93. The molecular weight excluding hydrogens is 408 g/mol. The Morgan fingerprint density at radius 1 is 1.03 bits per heavy atom. The number of nitrogens with zero attached hydrogens (tertiary/aromatic N) is 1. The Balaban J connectivity index is 1.27. The van der Waals surface area contributed by atoms with Crippen LogP contribution >= 0.6 is 0 Å². The van der Waals surface area contributed by atoms with Gasteiger partial charge in [0.25, 0.3) is 0 Å². The Labute approximate surface area is 187 Å². The normalized spacial score (nSPS) is 17.4. The molecule has 0 radical (unpaired) electrons. The number of carboxylic acid groups (broad SMARTS) is 1. The van der Waals surface area contributed by atoms with Gasteiger partial charge < -0.3 is 20.1 Å². The van der Waals surface area contributed by atoms with Gasteiger partial charge in [0.05, 0.1) is 0 Å². The van der Waals surface area contributed by atoms with E-state index in [2.05, 4.69) is 29.6 Å². The summed E-state index contributed by atoms with van der Waals surface area (Å²) in [5.41, 5.74) is 4.60. The molecule has 1 atom stereocenters. The summed E-state index contributed by atoms with van der Waals surface area (Å²) in [6.45, 7) is 1.25. The first-order valence-electron chi connectivity index (χ1n) is 11.1. The van der Waals surface area contributed by atoms with Crippen LogP contribution in [0.1, 0.15) is 42.7 Å². The van der Waals surface area contributed by atoms with Crippen molar-refractivity contribution in [3.63, 3.8) is 0 Å². The molecule has 2 amide bonds. The van der Waals surface area contributed by atoms with Crippen LogP contribution in [0.25, 0.3) is 11.1 Å². The summed E-state index contributed by atoms with van der Waals surface area (Å²) in [6.07, 6.45) is 1.85. The highest BCUT2D eigenvalue weighted by Gasteiger charge is 2.29. The third-order valence-corrected chi connectivity index (χ3v) is 6.37. The molecule has 7 heteroatoms. The lowest BCUT2D eigenvalue weighted by Crippen LogP contribution is -2.45. The summed E-state index contributed by atoms with van der Waals surface area (Å²) >= 11 is 0. The Kier molecular flexibility index (Phi) is 6.73. The molecule has 32 heavy (non-hydrogen) atoms. The number of benzene rings is 2. The topological polar surface area (TPSA) is 95.9 Å². The highest BCUT2D eigenvalue weighted by Crippen LogP contribution is 2.44. The summed E-state index contributed by atoms with van der Waals surface area (Å²) in [5.74, 6) is -0.817. The number of rotatable bonds is 7. The van der Waals surface area contributed by atoms with E-state index in [4.69, 9.17) is 9.84 Å². The fraction of sp³-hybridized carbons (Fsp3) is 0.400. The summed E-state index contributed by atoms with van der Waals surface area (Å²) in [4.78, 5) is 37.3. The number of carboxylic acids is 1. The van der Waals surface area contributed by atoms with Crippen LogP contribution in [-0.2, 0) is 14.3 Å². The van der Waals surface area contributed by atoms with Crippen LogP contribution in [-0.4, -0.2) is 54.2 Å². The lowest BCUT2D eigenvalue weighted by molar-refractivity contribution is -0.137. The van der Waals surface area contributed by atoms with Crippen molar-refractivity contribution in [2.45, 2.75) is 31.6 Å². The second kappa shape index (κ2) is 9.85. The number of ether oxygens (including phenoxy) is 1. The van der Waals surface area contributed by atoms with E-state index in [1.807, 2.05) is 24.3 Å². The van der Waals surface area contributed by atoms with Gasteiger partial charge in [-0.05, 0) is 47.4 Å². The summed E-state index contributed by atoms with van der Waals surface area (Å²) in [6, 6.07) is 16.2. The van der Waals surface area contributed by atoms with Crippen LogP contribution in [0.3, 0.4) is 0 Å². The Bertz CT molecular complexity index is 960. The van der Waals surface area contributed by atoms with Crippen molar-refractivity contribution in [3.8, 4) is 11.1 Å². The minimum atomic E-state index is -0.814. The van der Waals surface area contributed by atoms with E-state index in [0.29, 0.717) is 19.5 Å². The van der Waals surface area contributed by atoms with Crippen LogP contribution < -0.4 is 5.32 Å². The van der Waals surface area contributed by atoms with Gasteiger partial charge in [0.2, 0.25) is 5.91 Å². The van der Waals surface area contributed by atoms with Gasteiger partial charge in [-0.25, -0.2) is 4.79 Å². The van der Waals surface area contributed by atoms with Gasteiger partial charge in [-0.3, -0.25) is 9.59 Å². The molecule has 1 aliphatic heterocycles. The largest absolute Gasteiger partial charge is 0.481 e. The summed E-state index contributed by atoms with van der Waals surface area (Å²) < 4.78 is 5.48. The average Bonchev–Trinajstić information content (AvgIpc) is 3.14. The number of carbonyl (C=O) groups is 3. The number of likely N-dealkylation sites (tertiary alicyclic amines) is 1. The standard InChI is InChI=1S/C25H28N2O5/c28-23(27-13-5-6-17(15-27)11-12-24(29)30)14-26-25(31)32-16-22-20-9-3-1-7-18(20)19-8-2-4-10-21(19)22/h1-4,7-10,17,22H,5-6,11-16H2,(H,26,31)(H,29,30). The van der Waals surface area contributed by atoms with Gasteiger partial charge in [-0.15, -0.1) is 0 Å². The van der Waals surface area contributed by atoms with Crippen LogP contribution in [0.2, 0.25) is 0 Å². The van der Waals surface area contributed by atoms with Crippen molar-refractivity contribution in [1.82, 2.24) is 10.2 Å². The minimum absolute atomic E-state index is 0.0269. The van der Waals surface area contributed by atoms with Crippen molar-refractivity contribution >= 4 is 18.0 Å². The van der Waals surface area contributed by atoms with E-state index in [0.717, 1.165) is 35.1 Å². The van der Waals surface area contributed by atoms with Crippen molar-refractivity contribution < 1.29 is 24.2 Å². The number of piperidine rings is 1. The first-order valence-corrected chi connectivity index (χ1v) is 11.1. The zero-order chi connectivity index (χ0) is 22.5. The summed E-state index contributed by atoms with van der Waals surface area (Å²) in [5, 5.41) is 11.4. The molecule has 1 unspecified atom stereocenters. The fourth-order valence-corrected chi connectivity index (χ4v) is 4.76. The molecule has 0 saturated carbocycles. The zero-order valence-corrected chi connectivity index (χ0v) is 18.0. The number of hydrogen-bond donors (Lipinski definition) is 2. The van der Waals surface area contributed by atoms with Gasteiger partial charge in [-0.1, -0.05) is 48.5 Å². The molecule has 1 saturated heterocycles. The van der Waals surface area contributed by atoms with E-state index >= 15 is 0 Å². The predicted molar refractivity (Wildman–Crippen MR) is 119 cm³/mol. The second-order valence-corrected chi connectivity index (χ2v) is 8.46. The van der Waals surface area contributed by atoms with Gasteiger partial charge in [-0.2, -0.15) is 0 Å². The van der Waals surface area contributed by atoms with Crippen LogP contribution in [0, 0.1) is 5.92 Å². The van der Waals surface area contributed by atoms with Gasteiger partial charge in [0.1, 0.15) is 13.2 Å². The molecule has 0 spiro atoms. The number of alkyl carbamates (subject to hydrolysis) is 1. The molecule has 1 aliphatic carbocycles. The maximum Gasteiger partial charge on any atom is 0.407 e. The molecule has 2 N–H and O–H groups in total. The fourth-order valence-electron chi connectivity index (χ4n) is 4.76.